The van der Waals surface area contributed by atoms with E-state index in [4.69, 9.17) is 0 Å². The molecule has 0 amide bonds. The highest BCUT2D eigenvalue weighted by atomic mass is 79.9. The number of aliphatic hydroxyl groups is 1. The maximum Gasteiger partial charge on any atom is 0.129 e. The molecule has 0 saturated heterocycles. The van der Waals surface area contributed by atoms with Crippen LogP contribution in [0, 0.1) is 5.82 Å². The number of halogens is 2. The quantitative estimate of drug-likeness (QED) is 0.946. The standard InChI is InChI=1S/C12H12BrFN2O/c1-2-16-7-15-6-11(16)12(17)9-5-8(13)3-4-10(9)14/h3-7,12,17H,2H2,1H3. The Bertz CT molecular complexity index is 527. The Morgan fingerprint density at radius 3 is 3.00 bits per heavy atom. The van der Waals surface area contributed by atoms with Gasteiger partial charge in [0.05, 0.1) is 18.2 Å². The zero-order chi connectivity index (χ0) is 12.4. The molecule has 2 aromatic rings. The van der Waals surface area contributed by atoms with E-state index < -0.39 is 11.9 Å². The van der Waals surface area contributed by atoms with Crippen LogP contribution < -0.4 is 0 Å². The first-order valence-electron chi connectivity index (χ1n) is 5.26. The first kappa shape index (κ1) is 12.3. The number of nitrogens with zero attached hydrogens (tertiary/aromatic N) is 2. The zero-order valence-electron chi connectivity index (χ0n) is 9.27. The predicted octanol–water partition coefficient (Wildman–Crippen LogP) is 2.89. The summed E-state index contributed by atoms with van der Waals surface area (Å²) >= 11 is 3.26. The highest BCUT2D eigenvalue weighted by Crippen LogP contribution is 2.26. The van der Waals surface area contributed by atoms with Gasteiger partial charge in [0, 0.05) is 16.6 Å². The molecule has 0 fully saturated rings. The number of aliphatic hydroxyl groups excluding tert-OH is 1. The summed E-state index contributed by atoms with van der Waals surface area (Å²) in [4.78, 5) is 3.96. The summed E-state index contributed by atoms with van der Waals surface area (Å²) in [5.74, 6) is -0.426. The maximum absolute atomic E-state index is 13.6. The summed E-state index contributed by atoms with van der Waals surface area (Å²) in [6.07, 6.45) is 2.16. The molecule has 5 heteroatoms. The van der Waals surface area contributed by atoms with E-state index in [1.54, 1.807) is 29.2 Å². The van der Waals surface area contributed by atoms with Gasteiger partial charge in [-0.25, -0.2) is 9.37 Å². The fourth-order valence-corrected chi connectivity index (χ4v) is 2.09. The Hall–Kier alpha value is -1.20. The number of hydrogen-bond acceptors (Lipinski definition) is 2. The molecule has 3 nitrogen and oxygen atoms in total. The Morgan fingerprint density at radius 1 is 1.53 bits per heavy atom. The van der Waals surface area contributed by atoms with Crippen LogP contribution in [0.25, 0.3) is 0 Å². The second-order valence-electron chi connectivity index (χ2n) is 3.67. The van der Waals surface area contributed by atoms with Crippen LogP contribution in [0.1, 0.15) is 24.3 Å². The molecule has 1 heterocycles. The van der Waals surface area contributed by atoms with Crippen LogP contribution in [0.4, 0.5) is 4.39 Å². The lowest BCUT2D eigenvalue weighted by atomic mass is 10.1. The van der Waals surface area contributed by atoms with E-state index in [-0.39, 0.29) is 5.56 Å². The van der Waals surface area contributed by atoms with Crippen molar-refractivity contribution in [2.24, 2.45) is 0 Å². The van der Waals surface area contributed by atoms with E-state index >= 15 is 0 Å². The van der Waals surface area contributed by atoms with Crippen LogP contribution in [0.15, 0.2) is 35.2 Å². The molecule has 2 rings (SSSR count). The molecule has 0 bridgehead atoms. The van der Waals surface area contributed by atoms with Crippen LogP contribution in [-0.4, -0.2) is 14.7 Å². The average Bonchev–Trinajstić information content (AvgIpc) is 2.79. The normalized spacial score (nSPS) is 12.7. The van der Waals surface area contributed by atoms with E-state index in [0.29, 0.717) is 12.2 Å². The summed E-state index contributed by atoms with van der Waals surface area (Å²) in [5, 5.41) is 10.2. The van der Waals surface area contributed by atoms with Crippen LogP contribution in [0.5, 0.6) is 0 Å². The molecule has 0 saturated carbocycles. The molecule has 1 atom stereocenters. The van der Waals surface area contributed by atoms with Gasteiger partial charge >= 0.3 is 0 Å². The average molecular weight is 299 g/mol. The zero-order valence-corrected chi connectivity index (χ0v) is 10.9. The van der Waals surface area contributed by atoms with E-state index in [0.717, 1.165) is 4.47 Å². The van der Waals surface area contributed by atoms with Gasteiger partial charge in [0.25, 0.3) is 0 Å². The van der Waals surface area contributed by atoms with Crippen molar-refractivity contribution in [3.8, 4) is 0 Å². The highest BCUT2D eigenvalue weighted by molar-refractivity contribution is 9.10. The Morgan fingerprint density at radius 2 is 2.29 bits per heavy atom. The van der Waals surface area contributed by atoms with Crippen molar-refractivity contribution in [2.75, 3.05) is 0 Å². The first-order valence-corrected chi connectivity index (χ1v) is 6.05. The molecule has 0 spiro atoms. The highest BCUT2D eigenvalue weighted by Gasteiger charge is 2.18. The summed E-state index contributed by atoms with van der Waals surface area (Å²) in [6.45, 7) is 2.62. The number of hydrogen-bond donors (Lipinski definition) is 1. The van der Waals surface area contributed by atoms with Gasteiger partial charge in [-0.2, -0.15) is 0 Å². The fraction of sp³-hybridized carbons (Fsp3) is 0.250. The molecule has 90 valence electrons. The molecule has 17 heavy (non-hydrogen) atoms. The Balaban J connectivity index is 2.43. The van der Waals surface area contributed by atoms with Gasteiger partial charge in [-0.15, -0.1) is 0 Å². The number of benzene rings is 1. The summed E-state index contributed by atoms with van der Waals surface area (Å²) in [5.41, 5.74) is 0.832. The van der Waals surface area contributed by atoms with E-state index in [2.05, 4.69) is 20.9 Å². The number of imidazole rings is 1. The minimum atomic E-state index is -1.00. The first-order chi connectivity index (χ1) is 8.13. The van der Waals surface area contributed by atoms with Gasteiger partial charge < -0.3 is 9.67 Å². The van der Waals surface area contributed by atoms with Gasteiger partial charge in [-0.05, 0) is 25.1 Å². The van der Waals surface area contributed by atoms with Crippen molar-refractivity contribution in [2.45, 2.75) is 19.6 Å². The van der Waals surface area contributed by atoms with E-state index in [9.17, 15) is 9.50 Å². The maximum atomic E-state index is 13.6. The minimum Gasteiger partial charge on any atom is -0.382 e. The third kappa shape index (κ3) is 2.40. The Labute approximate surface area is 107 Å². The monoisotopic (exact) mass is 298 g/mol. The largest absolute Gasteiger partial charge is 0.382 e. The summed E-state index contributed by atoms with van der Waals surface area (Å²) in [7, 11) is 0. The molecule has 0 aliphatic rings. The van der Waals surface area contributed by atoms with Gasteiger partial charge in [-0.1, -0.05) is 15.9 Å². The van der Waals surface area contributed by atoms with Crippen molar-refractivity contribution in [1.82, 2.24) is 9.55 Å². The Kier molecular flexibility index (Phi) is 3.59. The van der Waals surface area contributed by atoms with Crippen LogP contribution >= 0.6 is 15.9 Å². The predicted molar refractivity (Wildman–Crippen MR) is 66.1 cm³/mol. The van der Waals surface area contributed by atoms with Crippen molar-refractivity contribution in [1.29, 1.82) is 0 Å². The van der Waals surface area contributed by atoms with Crippen LogP contribution in [-0.2, 0) is 6.54 Å². The molecule has 1 aromatic heterocycles. The molecular formula is C12H12BrFN2O. The molecule has 1 aromatic carbocycles. The third-order valence-corrected chi connectivity index (χ3v) is 3.11. The summed E-state index contributed by atoms with van der Waals surface area (Å²) in [6, 6.07) is 4.50. The lowest BCUT2D eigenvalue weighted by molar-refractivity contribution is 0.205. The molecule has 1 unspecified atom stereocenters. The van der Waals surface area contributed by atoms with Crippen molar-refractivity contribution >= 4 is 15.9 Å². The molecule has 0 aliphatic carbocycles. The third-order valence-electron chi connectivity index (χ3n) is 2.62. The fourth-order valence-electron chi connectivity index (χ4n) is 1.71. The van der Waals surface area contributed by atoms with Gasteiger partial charge in [-0.3, -0.25) is 0 Å². The van der Waals surface area contributed by atoms with Crippen molar-refractivity contribution in [3.05, 3.63) is 52.3 Å². The SMILES string of the molecule is CCn1cncc1C(O)c1cc(Br)ccc1F. The van der Waals surface area contributed by atoms with Gasteiger partial charge in [0.2, 0.25) is 0 Å². The molecule has 1 N–H and O–H groups in total. The molecule has 0 aliphatic heterocycles. The van der Waals surface area contributed by atoms with Gasteiger partial charge in [0.15, 0.2) is 0 Å². The van der Waals surface area contributed by atoms with Crippen molar-refractivity contribution in [3.63, 3.8) is 0 Å². The smallest absolute Gasteiger partial charge is 0.129 e. The van der Waals surface area contributed by atoms with E-state index in [1.807, 2.05) is 6.92 Å². The second kappa shape index (κ2) is 4.98. The molecule has 0 radical (unpaired) electrons. The van der Waals surface area contributed by atoms with Crippen LogP contribution in [0.2, 0.25) is 0 Å². The number of rotatable bonds is 3. The lowest BCUT2D eigenvalue weighted by Gasteiger charge is -2.14. The minimum absolute atomic E-state index is 0.245. The lowest BCUT2D eigenvalue weighted by Crippen LogP contribution is -2.08. The molecular weight excluding hydrogens is 287 g/mol. The number of aromatic nitrogens is 2. The topological polar surface area (TPSA) is 38.0 Å². The van der Waals surface area contributed by atoms with Gasteiger partial charge in [0.1, 0.15) is 11.9 Å². The van der Waals surface area contributed by atoms with Crippen LogP contribution in [0.3, 0.4) is 0 Å². The van der Waals surface area contributed by atoms with E-state index in [1.165, 1.54) is 6.07 Å². The van der Waals surface area contributed by atoms with Crippen molar-refractivity contribution < 1.29 is 9.50 Å². The summed E-state index contributed by atoms with van der Waals surface area (Å²) < 4.78 is 16.2. The number of aryl methyl sites for hydroxylation is 1. The second-order valence-corrected chi connectivity index (χ2v) is 4.59.